The molecule has 0 aliphatic heterocycles. The van der Waals surface area contributed by atoms with Crippen molar-refractivity contribution in [2.24, 2.45) is 0 Å². The average Bonchev–Trinajstić information content (AvgIpc) is 2.41. The highest BCUT2D eigenvalue weighted by Gasteiger charge is 2.08. The zero-order valence-corrected chi connectivity index (χ0v) is 11.6. The van der Waals surface area contributed by atoms with Gasteiger partial charge < -0.3 is 5.11 Å². The second-order valence-electron chi connectivity index (χ2n) is 5.00. The van der Waals surface area contributed by atoms with E-state index in [-0.39, 0.29) is 6.42 Å². The van der Waals surface area contributed by atoms with Crippen molar-refractivity contribution in [2.75, 3.05) is 7.05 Å². The number of benzene rings is 2. The number of hydrogen-bond donors (Lipinski definition) is 1. The summed E-state index contributed by atoms with van der Waals surface area (Å²) in [5.74, 6) is -0.789. The lowest BCUT2D eigenvalue weighted by Crippen LogP contribution is -2.18. The van der Waals surface area contributed by atoms with Crippen molar-refractivity contribution in [3.05, 3.63) is 71.3 Å². The lowest BCUT2D eigenvalue weighted by molar-refractivity contribution is -0.136. The lowest BCUT2D eigenvalue weighted by Gasteiger charge is -2.18. The van der Waals surface area contributed by atoms with E-state index in [4.69, 9.17) is 5.11 Å². The topological polar surface area (TPSA) is 40.5 Å². The third-order valence-electron chi connectivity index (χ3n) is 3.20. The molecule has 0 aromatic heterocycles. The Morgan fingerprint density at radius 1 is 0.950 bits per heavy atom. The summed E-state index contributed by atoms with van der Waals surface area (Å²) in [7, 11) is 2.05. The summed E-state index contributed by atoms with van der Waals surface area (Å²) in [5.41, 5.74) is 3.22. The Kier molecular flexibility index (Phi) is 4.91. The zero-order chi connectivity index (χ0) is 14.4. The van der Waals surface area contributed by atoms with Gasteiger partial charge in [-0.05, 0) is 23.7 Å². The zero-order valence-electron chi connectivity index (χ0n) is 11.6. The first kappa shape index (κ1) is 14.3. The fraction of sp³-hybridized carbons (Fsp3) is 0.235. The first-order valence-electron chi connectivity index (χ1n) is 6.66. The molecule has 0 amide bonds. The maximum Gasteiger partial charge on any atom is 0.307 e. The Morgan fingerprint density at radius 3 is 2.20 bits per heavy atom. The second-order valence-corrected chi connectivity index (χ2v) is 5.00. The Labute approximate surface area is 119 Å². The van der Waals surface area contributed by atoms with E-state index < -0.39 is 5.97 Å². The molecule has 0 radical (unpaired) electrons. The van der Waals surface area contributed by atoms with Gasteiger partial charge in [-0.2, -0.15) is 0 Å². The van der Waals surface area contributed by atoms with E-state index >= 15 is 0 Å². The average molecular weight is 269 g/mol. The molecule has 0 bridgehead atoms. The third-order valence-corrected chi connectivity index (χ3v) is 3.20. The van der Waals surface area contributed by atoms with Gasteiger partial charge >= 0.3 is 5.97 Å². The van der Waals surface area contributed by atoms with Crippen LogP contribution in [0.25, 0.3) is 0 Å². The SMILES string of the molecule is CN(Cc1ccccc1)Cc1ccccc1CC(=O)O. The molecule has 0 unspecified atom stereocenters. The molecule has 0 fully saturated rings. The van der Waals surface area contributed by atoms with Gasteiger partial charge in [-0.15, -0.1) is 0 Å². The molecule has 0 heterocycles. The molecular weight excluding hydrogens is 250 g/mol. The monoisotopic (exact) mass is 269 g/mol. The van der Waals surface area contributed by atoms with E-state index in [0.717, 1.165) is 24.2 Å². The maximum atomic E-state index is 10.9. The first-order valence-corrected chi connectivity index (χ1v) is 6.66. The fourth-order valence-corrected chi connectivity index (χ4v) is 2.29. The Morgan fingerprint density at radius 2 is 1.55 bits per heavy atom. The molecule has 1 N–H and O–H groups in total. The molecule has 2 aromatic rings. The molecule has 104 valence electrons. The number of aliphatic carboxylic acids is 1. The third kappa shape index (κ3) is 4.21. The largest absolute Gasteiger partial charge is 0.481 e. The van der Waals surface area contributed by atoms with Crippen LogP contribution in [0.15, 0.2) is 54.6 Å². The molecule has 3 nitrogen and oxygen atoms in total. The van der Waals surface area contributed by atoms with Crippen molar-refractivity contribution in [1.29, 1.82) is 0 Å². The quantitative estimate of drug-likeness (QED) is 0.876. The molecule has 3 heteroatoms. The van der Waals surface area contributed by atoms with Crippen LogP contribution in [0, 0.1) is 0 Å². The molecule has 20 heavy (non-hydrogen) atoms. The van der Waals surface area contributed by atoms with Crippen molar-refractivity contribution >= 4 is 5.97 Å². The Bertz CT molecular complexity index is 566. The number of nitrogens with zero attached hydrogens (tertiary/aromatic N) is 1. The summed E-state index contributed by atoms with van der Waals surface area (Å²) < 4.78 is 0. The highest BCUT2D eigenvalue weighted by molar-refractivity contribution is 5.70. The summed E-state index contributed by atoms with van der Waals surface area (Å²) in [6, 6.07) is 18.0. The molecule has 0 saturated carbocycles. The van der Waals surface area contributed by atoms with Crippen molar-refractivity contribution in [2.45, 2.75) is 19.5 Å². The second kappa shape index (κ2) is 6.87. The molecule has 0 spiro atoms. The molecule has 0 aliphatic carbocycles. The van der Waals surface area contributed by atoms with Crippen molar-refractivity contribution in [3.8, 4) is 0 Å². The highest BCUT2D eigenvalue weighted by Crippen LogP contribution is 2.13. The highest BCUT2D eigenvalue weighted by atomic mass is 16.4. The minimum atomic E-state index is -0.789. The Balaban J connectivity index is 2.04. The standard InChI is InChI=1S/C17H19NO2/c1-18(12-14-7-3-2-4-8-14)13-16-10-6-5-9-15(16)11-17(19)20/h2-10H,11-13H2,1H3,(H,19,20). The van der Waals surface area contributed by atoms with E-state index in [2.05, 4.69) is 17.0 Å². The molecular formula is C17H19NO2. The van der Waals surface area contributed by atoms with Crippen LogP contribution in [-0.2, 0) is 24.3 Å². The minimum absolute atomic E-state index is 0.0787. The van der Waals surface area contributed by atoms with Crippen molar-refractivity contribution < 1.29 is 9.90 Å². The summed E-state index contributed by atoms with van der Waals surface area (Å²) in [5, 5.41) is 8.95. The minimum Gasteiger partial charge on any atom is -0.481 e. The van der Waals surface area contributed by atoms with Gasteiger partial charge in [0.15, 0.2) is 0 Å². The molecule has 2 rings (SSSR count). The maximum absolute atomic E-state index is 10.9. The molecule has 0 atom stereocenters. The van der Waals surface area contributed by atoms with Crippen LogP contribution in [0.3, 0.4) is 0 Å². The van der Waals surface area contributed by atoms with Crippen LogP contribution in [0.4, 0.5) is 0 Å². The summed E-state index contributed by atoms with van der Waals surface area (Å²) >= 11 is 0. The van der Waals surface area contributed by atoms with E-state index in [1.54, 1.807) is 0 Å². The van der Waals surface area contributed by atoms with Gasteiger partial charge in [0.1, 0.15) is 0 Å². The summed E-state index contributed by atoms with van der Waals surface area (Å²) in [6.07, 6.45) is 0.0787. The van der Waals surface area contributed by atoms with Crippen LogP contribution in [0.2, 0.25) is 0 Å². The number of carboxylic acid groups (broad SMARTS) is 1. The normalized spacial score (nSPS) is 10.7. The number of hydrogen-bond acceptors (Lipinski definition) is 2. The molecule has 0 aliphatic rings. The van der Waals surface area contributed by atoms with Gasteiger partial charge in [0.2, 0.25) is 0 Å². The fourth-order valence-electron chi connectivity index (χ4n) is 2.29. The molecule has 2 aromatic carbocycles. The van der Waals surface area contributed by atoms with Crippen LogP contribution in [0.5, 0.6) is 0 Å². The van der Waals surface area contributed by atoms with Crippen LogP contribution in [-0.4, -0.2) is 23.0 Å². The smallest absolute Gasteiger partial charge is 0.307 e. The van der Waals surface area contributed by atoms with Crippen LogP contribution in [0.1, 0.15) is 16.7 Å². The van der Waals surface area contributed by atoms with E-state index in [0.29, 0.717) is 0 Å². The van der Waals surface area contributed by atoms with E-state index in [9.17, 15) is 4.79 Å². The van der Waals surface area contributed by atoms with Gasteiger partial charge in [0.25, 0.3) is 0 Å². The van der Waals surface area contributed by atoms with Gasteiger partial charge in [-0.1, -0.05) is 54.6 Å². The van der Waals surface area contributed by atoms with Gasteiger partial charge in [-0.3, -0.25) is 9.69 Å². The predicted octanol–water partition coefficient (Wildman–Crippen LogP) is 2.95. The Hall–Kier alpha value is -2.13. The first-order chi connectivity index (χ1) is 9.65. The van der Waals surface area contributed by atoms with E-state index in [1.807, 2.05) is 49.5 Å². The van der Waals surface area contributed by atoms with Gasteiger partial charge in [0.05, 0.1) is 6.42 Å². The lowest BCUT2D eigenvalue weighted by atomic mass is 10.0. The summed E-state index contributed by atoms with van der Waals surface area (Å²) in [4.78, 5) is 13.1. The summed E-state index contributed by atoms with van der Waals surface area (Å²) in [6.45, 7) is 1.60. The number of rotatable bonds is 6. The predicted molar refractivity (Wildman–Crippen MR) is 79.4 cm³/mol. The van der Waals surface area contributed by atoms with Crippen LogP contribution >= 0.6 is 0 Å². The van der Waals surface area contributed by atoms with Crippen molar-refractivity contribution in [1.82, 2.24) is 4.90 Å². The molecule has 0 saturated heterocycles. The number of carbonyl (C=O) groups is 1. The number of carboxylic acids is 1. The van der Waals surface area contributed by atoms with Crippen molar-refractivity contribution in [3.63, 3.8) is 0 Å². The van der Waals surface area contributed by atoms with Gasteiger partial charge in [-0.25, -0.2) is 0 Å². The van der Waals surface area contributed by atoms with E-state index in [1.165, 1.54) is 5.56 Å². The van der Waals surface area contributed by atoms with Crippen LogP contribution < -0.4 is 0 Å². The van der Waals surface area contributed by atoms with Gasteiger partial charge in [0, 0.05) is 13.1 Å².